The summed E-state index contributed by atoms with van der Waals surface area (Å²) in [6, 6.07) is 0. The number of ether oxygens (including phenoxy) is 2. The SMILES string of the molecule is CCCCCCCCC(CCC1CCC2OC2C1)C(C)(C)OCCC. The predicted molar refractivity (Wildman–Crippen MR) is 107 cm³/mol. The highest BCUT2D eigenvalue weighted by Gasteiger charge is 2.43. The van der Waals surface area contributed by atoms with Gasteiger partial charge in [-0.25, -0.2) is 0 Å². The normalized spacial score (nSPS) is 27.1. The Morgan fingerprint density at radius 1 is 0.920 bits per heavy atom. The fraction of sp³-hybridized carbons (Fsp3) is 1.00. The fourth-order valence-electron chi connectivity index (χ4n) is 4.68. The van der Waals surface area contributed by atoms with E-state index in [0.717, 1.165) is 18.9 Å². The molecule has 25 heavy (non-hydrogen) atoms. The second-order valence-electron chi connectivity index (χ2n) is 9.17. The molecule has 0 amide bonds. The Bertz CT molecular complexity index is 352. The van der Waals surface area contributed by atoms with E-state index in [2.05, 4.69) is 27.7 Å². The van der Waals surface area contributed by atoms with Crippen molar-refractivity contribution in [2.45, 2.75) is 129 Å². The molecule has 4 unspecified atom stereocenters. The van der Waals surface area contributed by atoms with Gasteiger partial charge in [0.05, 0.1) is 17.8 Å². The first-order valence-corrected chi connectivity index (χ1v) is 11.4. The van der Waals surface area contributed by atoms with Crippen LogP contribution in [0.3, 0.4) is 0 Å². The lowest BCUT2D eigenvalue weighted by atomic mass is 9.78. The van der Waals surface area contributed by atoms with Crippen molar-refractivity contribution in [2.75, 3.05) is 6.61 Å². The van der Waals surface area contributed by atoms with Crippen LogP contribution in [0.2, 0.25) is 0 Å². The van der Waals surface area contributed by atoms with E-state index in [1.54, 1.807) is 0 Å². The van der Waals surface area contributed by atoms with Gasteiger partial charge in [-0.3, -0.25) is 0 Å². The molecule has 2 rings (SSSR count). The molecular weight excluding hydrogens is 308 g/mol. The average Bonchev–Trinajstić information content (AvgIpc) is 3.37. The van der Waals surface area contributed by atoms with Crippen molar-refractivity contribution in [2.24, 2.45) is 11.8 Å². The van der Waals surface area contributed by atoms with Crippen LogP contribution in [0.15, 0.2) is 0 Å². The van der Waals surface area contributed by atoms with Crippen LogP contribution in [-0.2, 0) is 9.47 Å². The van der Waals surface area contributed by atoms with Gasteiger partial charge < -0.3 is 9.47 Å². The van der Waals surface area contributed by atoms with Crippen LogP contribution in [0.25, 0.3) is 0 Å². The minimum Gasteiger partial charge on any atom is -0.375 e. The molecule has 2 nitrogen and oxygen atoms in total. The quantitative estimate of drug-likeness (QED) is 0.250. The van der Waals surface area contributed by atoms with Gasteiger partial charge in [0, 0.05) is 6.61 Å². The summed E-state index contributed by atoms with van der Waals surface area (Å²) in [6.45, 7) is 10.1. The van der Waals surface area contributed by atoms with Crippen molar-refractivity contribution < 1.29 is 9.47 Å². The van der Waals surface area contributed by atoms with Gasteiger partial charge in [0.25, 0.3) is 0 Å². The summed E-state index contributed by atoms with van der Waals surface area (Å²) >= 11 is 0. The van der Waals surface area contributed by atoms with Crippen LogP contribution < -0.4 is 0 Å². The maximum Gasteiger partial charge on any atom is 0.0844 e. The maximum absolute atomic E-state index is 6.28. The average molecular weight is 353 g/mol. The largest absolute Gasteiger partial charge is 0.375 e. The first kappa shape index (κ1) is 21.2. The molecule has 2 aliphatic rings. The number of unbranched alkanes of at least 4 members (excludes halogenated alkanes) is 5. The zero-order valence-electron chi connectivity index (χ0n) is 17.5. The second kappa shape index (κ2) is 10.9. The third kappa shape index (κ3) is 7.59. The molecule has 148 valence electrons. The first-order valence-electron chi connectivity index (χ1n) is 11.4. The van der Waals surface area contributed by atoms with Gasteiger partial charge in [0.1, 0.15) is 0 Å². The molecule has 1 heterocycles. The summed E-state index contributed by atoms with van der Waals surface area (Å²) in [7, 11) is 0. The van der Waals surface area contributed by atoms with Gasteiger partial charge in [0.15, 0.2) is 0 Å². The maximum atomic E-state index is 6.28. The molecule has 1 aliphatic carbocycles. The van der Waals surface area contributed by atoms with Crippen LogP contribution in [0, 0.1) is 11.8 Å². The van der Waals surface area contributed by atoms with Gasteiger partial charge in [-0.15, -0.1) is 0 Å². The van der Waals surface area contributed by atoms with Gasteiger partial charge in [-0.2, -0.15) is 0 Å². The molecule has 0 bridgehead atoms. The van der Waals surface area contributed by atoms with Gasteiger partial charge in [0.2, 0.25) is 0 Å². The molecule has 2 fully saturated rings. The van der Waals surface area contributed by atoms with Crippen molar-refractivity contribution in [1.82, 2.24) is 0 Å². The van der Waals surface area contributed by atoms with E-state index in [1.807, 2.05) is 0 Å². The summed E-state index contributed by atoms with van der Waals surface area (Å²) < 4.78 is 12.0. The van der Waals surface area contributed by atoms with Crippen molar-refractivity contribution in [3.8, 4) is 0 Å². The Hall–Kier alpha value is -0.0800. The molecule has 0 radical (unpaired) electrons. The molecular formula is C23H44O2. The van der Waals surface area contributed by atoms with Gasteiger partial charge >= 0.3 is 0 Å². The van der Waals surface area contributed by atoms with Crippen LogP contribution in [0.5, 0.6) is 0 Å². The number of epoxide rings is 1. The second-order valence-corrected chi connectivity index (χ2v) is 9.17. The van der Waals surface area contributed by atoms with Crippen molar-refractivity contribution >= 4 is 0 Å². The number of rotatable bonds is 14. The number of hydrogen-bond donors (Lipinski definition) is 0. The summed E-state index contributed by atoms with van der Waals surface area (Å²) in [6.07, 6.45) is 18.8. The van der Waals surface area contributed by atoms with E-state index in [9.17, 15) is 0 Å². The summed E-state index contributed by atoms with van der Waals surface area (Å²) in [4.78, 5) is 0. The summed E-state index contributed by atoms with van der Waals surface area (Å²) in [5.74, 6) is 1.61. The Labute approximate surface area is 157 Å². The molecule has 2 heteroatoms. The van der Waals surface area contributed by atoms with E-state index in [0.29, 0.717) is 18.1 Å². The molecule has 0 aromatic rings. The van der Waals surface area contributed by atoms with Crippen molar-refractivity contribution in [1.29, 1.82) is 0 Å². The minimum absolute atomic E-state index is 0.0344. The van der Waals surface area contributed by atoms with Crippen LogP contribution in [-0.4, -0.2) is 24.4 Å². The molecule has 0 aromatic carbocycles. The van der Waals surface area contributed by atoms with Crippen LogP contribution >= 0.6 is 0 Å². The van der Waals surface area contributed by atoms with Crippen LogP contribution in [0.4, 0.5) is 0 Å². The van der Waals surface area contributed by atoms with Gasteiger partial charge in [-0.05, 0) is 70.6 Å². The zero-order chi connectivity index (χ0) is 18.1. The third-order valence-electron chi connectivity index (χ3n) is 6.60. The highest BCUT2D eigenvalue weighted by Crippen LogP contribution is 2.42. The lowest BCUT2D eigenvalue weighted by Gasteiger charge is -2.36. The third-order valence-corrected chi connectivity index (χ3v) is 6.60. The van der Waals surface area contributed by atoms with Crippen molar-refractivity contribution in [3.05, 3.63) is 0 Å². The highest BCUT2D eigenvalue weighted by molar-refractivity contribution is 4.92. The minimum atomic E-state index is 0.0344. The molecule has 4 atom stereocenters. The molecule has 1 aliphatic heterocycles. The molecule has 0 aromatic heterocycles. The monoisotopic (exact) mass is 352 g/mol. The van der Waals surface area contributed by atoms with E-state index < -0.39 is 0 Å². The molecule has 1 saturated carbocycles. The predicted octanol–water partition coefficient (Wildman–Crippen LogP) is 6.91. The van der Waals surface area contributed by atoms with Crippen LogP contribution in [0.1, 0.15) is 111 Å². The molecule has 0 spiro atoms. The topological polar surface area (TPSA) is 21.8 Å². The molecule has 0 N–H and O–H groups in total. The zero-order valence-corrected chi connectivity index (χ0v) is 17.5. The first-order chi connectivity index (χ1) is 12.1. The Morgan fingerprint density at radius 3 is 2.40 bits per heavy atom. The Morgan fingerprint density at radius 2 is 1.68 bits per heavy atom. The summed E-state index contributed by atoms with van der Waals surface area (Å²) in [5, 5.41) is 0. The van der Waals surface area contributed by atoms with E-state index >= 15 is 0 Å². The Balaban J connectivity index is 1.74. The van der Waals surface area contributed by atoms with Crippen molar-refractivity contribution in [3.63, 3.8) is 0 Å². The summed E-state index contributed by atoms with van der Waals surface area (Å²) in [5.41, 5.74) is 0.0344. The van der Waals surface area contributed by atoms with E-state index in [-0.39, 0.29) is 5.60 Å². The number of fused-ring (bicyclic) bond motifs is 1. The van der Waals surface area contributed by atoms with Gasteiger partial charge in [-0.1, -0.05) is 52.4 Å². The standard InChI is InChI=1S/C23H44O2/c1-5-7-8-9-10-11-12-20(23(3,4)24-17-6-2)15-13-19-14-16-21-22(18-19)25-21/h19-22H,5-18H2,1-4H3. The molecule has 1 saturated heterocycles. The lowest BCUT2D eigenvalue weighted by Crippen LogP contribution is -2.35. The smallest absolute Gasteiger partial charge is 0.0844 e. The fourth-order valence-corrected chi connectivity index (χ4v) is 4.68. The highest BCUT2D eigenvalue weighted by atomic mass is 16.6. The lowest BCUT2D eigenvalue weighted by molar-refractivity contribution is -0.0669. The van der Waals surface area contributed by atoms with E-state index in [4.69, 9.17) is 9.47 Å². The number of hydrogen-bond acceptors (Lipinski definition) is 2. The Kier molecular flexibility index (Phi) is 9.27. The van der Waals surface area contributed by atoms with E-state index in [1.165, 1.54) is 77.0 Å².